The van der Waals surface area contributed by atoms with Crippen LogP contribution in [-0.2, 0) is 11.2 Å². The van der Waals surface area contributed by atoms with Gasteiger partial charge in [-0.25, -0.2) is 0 Å². The van der Waals surface area contributed by atoms with Gasteiger partial charge in [-0.2, -0.15) is 0 Å². The number of thiophene rings is 1. The predicted molar refractivity (Wildman–Crippen MR) is 85.5 cm³/mol. The van der Waals surface area contributed by atoms with E-state index in [1.165, 1.54) is 10.4 Å². The molecule has 3 heterocycles. The van der Waals surface area contributed by atoms with Gasteiger partial charge in [-0.1, -0.05) is 0 Å². The number of nitrogens with one attached hydrogen (secondary N) is 2. The average molecular weight is 311 g/mol. The Balaban J connectivity index is 1.48. The topological polar surface area (TPSA) is 44.4 Å². The van der Waals surface area contributed by atoms with Crippen LogP contribution >= 0.6 is 23.1 Å². The predicted octanol–water partition coefficient (Wildman–Crippen LogP) is 1.10. The standard InChI is InChI=1S/C14H21N3OS2/c18-14(16-5-8-17-6-3-15-4-7-17)13-11-1-9-19-12(11)2-10-20-13/h1,9,13,15H,2-8,10H2,(H,16,18). The number of thioether (sulfide) groups is 1. The van der Waals surface area contributed by atoms with E-state index in [4.69, 9.17) is 0 Å². The molecule has 1 amide bonds. The Morgan fingerprint density at radius 3 is 3.15 bits per heavy atom. The molecule has 0 aromatic carbocycles. The van der Waals surface area contributed by atoms with Crippen LogP contribution < -0.4 is 10.6 Å². The first-order chi connectivity index (χ1) is 9.84. The summed E-state index contributed by atoms with van der Waals surface area (Å²) in [5, 5.41) is 8.57. The number of amides is 1. The molecule has 1 aromatic heterocycles. The molecule has 0 spiro atoms. The van der Waals surface area contributed by atoms with Gasteiger partial charge in [0.05, 0.1) is 0 Å². The number of carbonyl (C=O) groups excluding carboxylic acids is 1. The summed E-state index contributed by atoms with van der Waals surface area (Å²) in [6.07, 6.45) is 1.11. The van der Waals surface area contributed by atoms with E-state index in [1.54, 1.807) is 23.1 Å². The first-order valence-electron chi connectivity index (χ1n) is 7.23. The quantitative estimate of drug-likeness (QED) is 0.874. The zero-order valence-electron chi connectivity index (χ0n) is 11.6. The molecule has 1 fully saturated rings. The minimum Gasteiger partial charge on any atom is -0.354 e. The van der Waals surface area contributed by atoms with Crippen LogP contribution in [-0.4, -0.2) is 55.8 Å². The molecule has 0 bridgehead atoms. The van der Waals surface area contributed by atoms with Crippen molar-refractivity contribution in [2.45, 2.75) is 11.7 Å². The zero-order chi connectivity index (χ0) is 13.8. The molecular weight excluding hydrogens is 290 g/mol. The molecule has 0 radical (unpaired) electrons. The maximum Gasteiger partial charge on any atom is 0.237 e. The fraction of sp³-hybridized carbons (Fsp3) is 0.643. The number of carbonyl (C=O) groups is 1. The lowest BCUT2D eigenvalue weighted by Crippen LogP contribution is -2.46. The summed E-state index contributed by atoms with van der Waals surface area (Å²) in [6.45, 7) is 6.01. The molecule has 1 saturated heterocycles. The summed E-state index contributed by atoms with van der Waals surface area (Å²) in [5.74, 6) is 1.24. The van der Waals surface area contributed by atoms with Gasteiger partial charge in [0.15, 0.2) is 0 Å². The lowest BCUT2D eigenvalue weighted by Gasteiger charge is -2.27. The highest BCUT2D eigenvalue weighted by atomic mass is 32.2. The SMILES string of the molecule is O=C(NCCN1CCNCC1)C1SCCc2sccc21. The van der Waals surface area contributed by atoms with Crippen molar-refractivity contribution in [2.24, 2.45) is 0 Å². The van der Waals surface area contributed by atoms with Gasteiger partial charge in [-0.3, -0.25) is 9.69 Å². The van der Waals surface area contributed by atoms with Crippen molar-refractivity contribution < 1.29 is 4.79 Å². The molecule has 1 unspecified atom stereocenters. The number of hydrogen-bond donors (Lipinski definition) is 2. The number of piperazine rings is 1. The van der Waals surface area contributed by atoms with E-state index in [1.807, 2.05) is 0 Å². The summed E-state index contributed by atoms with van der Waals surface area (Å²) in [4.78, 5) is 16.1. The van der Waals surface area contributed by atoms with Crippen LogP contribution in [0.5, 0.6) is 0 Å². The second kappa shape index (κ2) is 6.93. The van der Waals surface area contributed by atoms with Gasteiger partial charge in [0.25, 0.3) is 0 Å². The monoisotopic (exact) mass is 311 g/mol. The first-order valence-corrected chi connectivity index (χ1v) is 9.16. The number of rotatable bonds is 4. The molecule has 2 aliphatic rings. The van der Waals surface area contributed by atoms with Gasteiger partial charge < -0.3 is 10.6 Å². The maximum atomic E-state index is 12.3. The van der Waals surface area contributed by atoms with E-state index in [-0.39, 0.29) is 11.2 Å². The van der Waals surface area contributed by atoms with Gasteiger partial charge in [-0.15, -0.1) is 23.1 Å². The Hall–Kier alpha value is -0.560. The molecule has 2 aliphatic heterocycles. The minimum absolute atomic E-state index is 0.00743. The Kier molecular flexibility index (Phi) is 4.99. The molecule has 1 aromatic rings. The van der Waals surface area contributed by atoms with E-state index in [0.717, 1.165) is 51.4 Å². The van der Waals surface area contributed by atoms with Gasteiger partial charge in [-0.05, 0) is 29.2 Å². The second-order valence-corrected chi connectivity index (χ2v) is 7.40. The fourth-order valence-electron chi connectivity index (χ4n) is 2.73. The Bertz CT molecular complexity index is 457. The summed E-state index contributed by atoms with van der Waals surface area (Å²) >= 11 is 3.56. The highest BCUT2D eigenvalue weighted by Gasteiger charge is 2.27. The van der Waals surface area contributed by atoms with E-state index >= 15 is 0 Å². The van der Waals surface area contributed by atoms with Gasteiger partial charge in [0.2, 0.25) is 5.91 Å². The maximum absolute atomic E-state index is 12.3. The van der Waals surface area contributed by atoms with E-state index in [9.17, 15) is 4.79 Å². The van der Waals surface area contributed by atoms with E-state index < -0.39 is 0 Å². The number of aryl methyl sites for hydroxylation is 1. The molecule has 6 heteroatoms. The molecule has 0 aliphatic carbocycles. The lowest BCUT2D eigenvalue weighted by atomic mass is 10.1. The summed E-state index contributed by atoms with van der Waals surface area (Å²) in [5.41, 5.74) is 1.24. The Labute approximate surface area is 128 Å². The van der Waals surface area contributed by atoms with Crippen LogP contribution in [0, 0.1) is 0 Å². The fourth-order valence-corrected chi connectivity index (χ4v) is 5.05. The van der Waals surface area contributed by atoms with Crippen LogP contribution in [0.25, 0.3) is 0 Å². The molecule has 1 atom stereocenters. The first kappa shape index (κ1) is 14.4. The summed E-state index contributed by atoms with van der Waals surface area (Å²) < 4.78 is 0. The largest absolute Gasteiger partial charge is 0.354 e. The minimum atomic E-state index is 0.00743. The molecule has 2 N–H and O–H groups in total. The molecule has 3 rings (SSSR count). The third-order valence-corrected chi connectivity index (χ3v) is 6.09. The van der Waals surface area contributed by atoms with Crippen molar-refractivity contribution >= 4 is 29.0 Å². The molecule has 20 heavy (non-hydrogen) atoms. The van der Waals surface area contributed by atoms with Gasteiger partial charge >= 0.3 is 0 Å². The molecular formula is C14H21N3OS2. The highest BCUT2D eigenvalue weighted by molar-refractivity contribution is 8.00. The van der Waals surface area contributed by atoms with E-state index in [0.29, 0.717) is 0 Å². The number of nitrogens with zero attached hydrogens (tertiary/aromatic N) is 1. The molecule has 0 saturated carbocycles. The third kappa shape index (κ3) is 3.36. The normalized spacial score (nSPS) is 23.3. The second-order valence-electron chi connectivity index (χ2n) is 5.18. The van der Waals surface area contributed by atoms with Gasteiger partial charge in [0.1, 0.15) is 5.25 Å². The zero-order valence-corrected chi connectivity index (χ0v) is 13.2. The van der Waals surface area contributed by atoms with Crippen LogP contribution in [0.1, 0.15) is 15.7 Å². The summed E-state index contributed by atoms with van der Waals surface area (Å²) in [6, 6.07) is 2.12. The average Bonchev–Trinajstić information content (AvgIpc) is 2.96. The van der Waals surface area contributed by atoms with E-state index in [2.05, 4.69) is 27.0 Å². The van der Waals surface area contributed by atoms with Crippen LogP contribution in [0.2, 0.25) is 0 Å². The molecule has 4 nitrogen and oxygen atoms in total. The summed E-state index contributed by atoms with van der Waals surface area (Å²) in [7, 11) is 0. The number of hydrogen-bond acceptors (Lipinski definition) is 5. The molecule has 110 valence electrons. The third-order valence-electron chi connectivity index (χ3n) is 3.85. The van der Waals surface area contributed by atoms with Crippen molar-refractivity contribution in [1.29, 1.82) is 0 Å². The van der Waals surface area contributed by atoms with Crippen molar-refractivity contribution in [3.05, 3.63) is 21.9 Å². The number of fused-ring (bicyclic) bond motifs is 1. The Morgan fingerprint density at radius 1 is 1.45 bits per heavy atom. The van der Waals surface area contributed by atoms with Gasteiger partial charge in [0, 0.05) is 44.1 Å². The van der Waals surface area contributed by atoms with Crippen molar-refractivity contribution in [3.63, 3.8) is 0 Å². The van der Waals surface area contributed by atoms with Crippen molar-refractivity contribution in [2.75, 3.05) is 45.0 Å². The van der Waals surface area contributed by atoms with Crippen LogP contribution in [0.15, 0.2) is 11.4 Å². The van der Waals surface area contributed by atoms with Crippen molar-refractivity contribution in [3.8, 4) is 0 Å². The highest BCUT2D eigenvalue weighted by Crippen LogP contribution is 2.39. The lowest BCUT2D eigenvalue weighted by molar-refractivity contribution is -0.120. The van der Waals surface area contributed by atoms with Crippen LogP contribution in [0.3, 0.4) is 0 Å². The van der Waals surface area contributed by atoms with Crippen molar-refractivity contribution in [1.82, 2.24) is 15.5 Å². The smallest absolute Gasteiger partial charge is 0.237 e. The van der Waals surface area contributed by atoms with Crippen LogP contribution in [0.4, 0.5) is 0 Å². The Morgan fingerprint density at radius 2 is 2.30 bits per heavy atom.